The lowest BCUT2D eigenvalue weighted by Crippen LogP contribution is -2.15. The molecule has 30 heavy (non-hydrogen) atoms. The number of benzene rings is 3. The molecule has 0 saturated carbocycles. The molecule has 0 radical (unpaired) electrons. The lowest BCUT2D eigenvalue weighted by atomic mass is 10.0. The molecule has 152 valence electrons. The van der Waals surface area contributed by atoms with Crippen LogP contribution in [-0.4, -0.2) is 25.7 Å². The number of nitrogens with one attached hydrogen (secondary N) is 2. The molecule has 3 aromatic carbocycles. The summed E-state index contributed by atoms with van der Waals surface area (Å²) in [6, 6.07) is 18.9. The van der Waals surface area contributed by atoms with Crippen LogP contribution < -0.4 is 15.0 Å². The highest BCUT2D eigenvalue weighted by atomic mass is 32.2. The summed E-state index contributed by atoms with van der Waals surface area (Å²) in [5.74, 6) is 0.420. The Morgan fingerprint density at radius 3 is 2.43 bits per heavy atom. The van der Waals surface area contributed by atoms with E-state index in [1.165, 1.54) is 7.11 Å². The van der Waals surface area contributed by atoms with Gasteiger partial charge in [-0.1, -0.05) is 42.5 Å². The van der Waals surface area contributed by atoms with Crippen molar-refractivity contribution in [1.29, 1.82) is 0 Å². The number of sulfonamides is 1. The number of fused-ring (bicyclic) bond motifs is 1. The molecule has 0 atom stereocenters. The van der Waals surface area contributed by atoms with Crippen molar-refractivity contribution in [1.82, 2.24) is 10.2 Å². The average molecular weight is 421 g/mol. The molecule has 0 bridgehead atoms. The lowest BCUT2D eigenvalue weighted by Gasteiger charge is -2.14. The van der Waals surface area contributed by atoms with Gasteiger partial charge in [0.05, 0.1) is 28.8 Å². The number of rotatable bonds is 5. The molecule has 8 heteroatoms. The number of anilines is 1. The number of hydrogen-bond donors (Lipinski definition) is 2. The molecule has 0 aliphatic carbocycles. The maximum atomic E-state index is 13.1. The molecule has 4 aromatic rings. The Morgan fingerprint density at radius 2 is 1.67 bits per heavy atom. The van der Waals surface area contributed by atoms with Crippen LogP contribution in [-0.2, 0) is 10.0 Å². The number of para-hydroxylation sites is 2. The van der Waals surface area contributed by atoms with Crippen LogP contribution in [0.2, 0.25) is 0 Å². The largest absolute Gasteiger partial charge is 0.495 e. The zero-order valence-corrected chi connectivity index (χ0v) is 17.2. The van der Waals surface area contributed by atoms with E-state index in [0.29, 0.717) is 39.0 Å². The van der Waals surface area contributed by atoms with Gasteiger partial charge in [0.25, 0.3) is 15.6 Å². The van der Waals surface area contributed by atoms with E-state index in [1.807, 2.05) is 6.07 Å². The Hall–Kier alpha value is -3.65. The van der Waals surface area contributed by atoms with Crippen LogP contribution in [0, 0.1) is 6.92 Å². The van der Waals surface area contributed by atoms with Crippen molar-refractivity contribution in [3.05, 3.63) is 82.6 Å². The highest BCUT2D eigenvalue weighted by Crippen LogP contribution is 2.30. The van der Waals surface area contributed by atoms with Gasteiger partial charge < -0.3 is 4.74 Å². The van der Waals surface area contributed by atoms with Crippen molar-refractivity contribution in [2.45, 2.75) is 11.8 Å². The monoisotopic (exact) mass is 421 g/mol. The van der Waals surface area contributed by atoms with E-state index < -0.39 is 10.0 Å². The lowest BCUT2D eigenvalue weighted by molar-refractivity contribution is 0.417. The summed E-state index contributed by atoms with van der Waals surface area (Å²) >= 11 is 0. The number of aromatic nitrogens is 2. The van der Waals surface area contributed by atoms with Crippen molar-refractivity contribution in [3.63, 3.8) is 0 Å². The van der Waals surface area contributed by atoms with Gasteiger partial charge in [-0.3, -0.25) is 9.52 Å². The van der Waals surface area contributed by atoms with Crippen molar-refractivity contribution >= 4 is 26.5 Å². The Balaban J connectivity index is 1.83. The highest BCUT2D eigenvalue weighted by Gasteiger charge is 2.20. The van der Waals surface area contributed by atoms with E-state index in [1.54, 1.807) is 67.6 Å². The standard InChI is InChI=1S/C22H19N3O4S/c1-14-11-12-15(21-16-7-3-4-8-17(16)22(26)24-23-21)13-20(14)30(27,28)25-18-9-5-6-10-19(18)29-2/h3-13,25H,1-2H3,(H,24,26). The minimum absolute atomic E-state index is 0.114. The maximum absolute atomic E-state index is 13.1. The van der Waals surface area contributed by atoms with Gasteiger partial charge in [0.1, 0.15) is 5.75 Å². The number of aryl methyl sites for hydroxylation is 1. The molecule has 0 amide bonds. The zero-order chi connectivity index (χ0) is 21.3. The van der Waals surface area contributed by atoms with E-state index in [-0.39, 0.29) is 10.5 Å². The first-order valence-corrected chi connectivity index (χ1v) is 10.6. The first-order chi connectivity index (χ1) is 14.4. The summed E-state index contributed by atoms with van der Waals surface area (Å²) in [5.41, 5.74) is 1.70. The van der Waals surface area contributed by atoms with Crippen LogP contribution in [0.3, 0.4) is 0 Å². The van der Waals surface area contributed by atoms with Gasteiger partial charge >= 0.3 is 0 Å². The maximum Gasteiger partial charge on any atom is 0.272 e. The molecule has 4 rings (SSSR count). The van der Waals surface area contributed by atoms with Crippen molar-refractivity contribution in [2.75, 3.05) is 11.8 Å². The van der Waals surface area contributed by atoms with Gasteiger partial charge in [-0.2, -0.15) is 5.10 Å². The predicted octanol–water partition coefficient (Wildman–Crippen LogP) is 3.71. The van der Waals surface area contributed by atoms with E-state index in [0.717, 1.165) is 0 Å². The second-order valence-electron chi connectivity index (χ2n) is 6.73. The van der Waals surface area contributed by atoms with Gasteiger partial charge in [-0.15, -0.1) is 0 Å². The average Bonchev–Trinajstić information content (AvgIpc) is 2.75. The van der Waals surface area contributed by atoms with E-state index >= 15 is 0 Å². The van der Waals surface area contributed by atoms with Gasteiger partial charge in [0.2, 0.25) is 0 Å². The minimum Gasteiger partial charge on any atom is -0.495 e. The normalized spacial score (nSPS) is 11.4. The third kappa shape index (κ3) is 3.53. The second kappa shape index (κ2) is 7.64. The van der Waals surface area contributed by atoms with Crippen molar-refractivity contribution in [3.8, 4) is 17.0 Å². The first-order valence-electron chi connectivity index (χ1n) is 9.15. The van der Waals surface area contributed by atoms with E-state index in [4.69, 9.17) is 4.74 Å². The summed E-state index contributed by atoms with van der Waals surface area (Å²) < 4.78 is 34.1. The molecule has 0 unspecified atom stereocenters. The van der Waals surface area contributed by atoms with Gasteiger partial charge in [0.15, 0.2) is 0 Å². The molecule has 0 spiro atoms. The fraction of sp³-hybridized carbons (Fsp3) is 0.0909. The summed E-state index contributed by atoms with van der Waals surface area (Å²) in [4.78, 5) is 12.2. The van der Waals surface area contributed by atoms with Crippen molar-refractivity contribution in [2.24, 2.45) is 0 Å². The molecule has 0 aliphatic heterocycles. The number of nitrogens with zero attached hydrogens (tertiary/aromatic N) is 1. The topological polar surface area (TPSA) is 101 Å². The van der Waals surface area contributed by atoms with Crippen LogP contribution in [0.4, 0.5) is 5.69 Å². The number of methoxy groups -OCH3 is 1. The highest BCUT2D eigenvalue weighted by molar-refractivity contribution is 7.92. The van der Waals surface area contributed by atoms with Crippen molar-refractivity contribution < 1.29 is 13.2 Å². The SMILES string of the molecule is COc1ccccc1NS(=O)(=O)c1cc(-c2n[nH]c(=O)c3ccccc23)ccc1C. The summed E-state index contributed by atoms with van der Waals surface area (Å²) in [5, 5.41) is 7.78. The summed E-state index contributed by atoms with van der Waals surface area (Å²) in [6.07, 6.45) is 0. The fourth-order valence-electron chi connectivity index (χ4n) is 3.30. The third-order valence-electron chi connectivity index (χ3n) is 4.80. The molecular formula is C22H19N3O4S. The molecule has 0 aliphatic rings. The Kier molecular flexibility index (Phi) is 5.01. The summed E-state index contributed by atoms with van der Waals surface area (Å²) in [7, 11) is -2.42. The molecule has 2 N–H and O–H groups in total. The van der Waals surface area contributed by atoms with Crippen LogP contribution in [0.15, 0.2) is 76.4 Å². The van der Waals surface area contributed by atoms with Crippen LogP contribution in [0.25, 0.3) is 22.0 Å². The first kappa shape index (κ1) is 19.7. The van der Waals surface area contributed by atoms with Gasteiger partial charge in [-0.05, 0) is 36.8 Å². The molecular weight excluding hydrogens is 402 g/mol. The van der Waals surface area contributed by atoms with Crippen LogP contribution >= 0.6 is 0 Å². The van der Waals surface area contributed by atoms with Gasteiger partial charge in [0, 0.05) is 10.9 Å². The van der Waals surface area contributed by atoms with Gasteiger partial charge in [-0.25, -0.2) is 13.5 Å². The van der Waals surface area contributed by atoms with E-state index in [9.17, 15) is 13.2 Å². The number of aromatic amines is 1. The fourth-order valence-corrected chi connectivity index (χ4v) is 4.64. The summed E-state index contributed by atoms with van der Waals surface area (Å²) in [6.45, 7) is 1.72. The van der Waals surface area contributed by atoms with Crippen LogP contribution in [0.5, 0.6) is 5.75 Å². The smallest absolute Gasteiger partial charge is 0.272 e. The van der Waals surface area contributed by atoms with Crippen LogP contribution in [0.1, 0.15) is 5.56 Å². The molecule has 1 heterocycles. The molecule has 0 saturated heterocycles. The molecule has 1 aromatic heterocycles. The number of H-pyrrole nitrogens is 1. The third-order valence-corrected chi connectivity index (χ3v) is 6.31. The van der Waals surface area contributed by atoms with E-state index in [2.05, 4.69) is 14.9 Å². The minimum atomic E-state index is -3.90. The molecule has 7 nitrogen and oxygen atoms in total. The molecule has 0 fully saturated rings. The second-order valence-corrected chi connectivity index (χ2v) is 8.38. The quantitative estimate of drug-likeness (QED) is 0.512. The number of ether oxygens (including phenoxy) is 1. The predicted molar refractivity (Wildman–Crippen MR) is 116 cm³/mol. The number of hydrogen-bond acceptors (Lipinski definition) is 5. The Morgan fingerprint density at radius 1 is 0.967 bits per heavy atom. The zero-order valence-electron chi connectivity index (χ0n) is 16.3. The Labute approximate surface area is 173 Å². The Bertz CT molecular complexity index is 1410.